The number of hydrazone groups is 1. The van der Waals surface area contributed by atoms with Crippen molar-refractivity contribution in [3.8, 4) is 11.5 Å². The monoisotopic (exact) mass is 385 g/mol. The molecule has 0 unspecified atom stereocenters. The number of hydrogen-bond donors (Lipinski definition) is 3. The van der Waals surface area contributed by atoms with Crippen LogP contribution in [0.5, 0.6) is 11.5 Å². The summed E-state index contributed by atoms with van der Waals surface area (Å²) in [5.41, 5.74) is 2.61. The molecule has 0 heterocycles. The zero-order valence-corrected chi connectivity index (χ0v) is 15.8. The summed E-state index contributed by atoms with van der Waals surface area (Å²) in [6.45, 7) is 6.78. The van der Waals surface area contributed by atoms with Gasteiger partial charge >= 0.3 is 11.8 Å². The van der Waals surface area contributed by atoms with Crippen molar-refractivity contribution in [2.24, 2.45) is 5.10 Å². The second kappa shape index (κ2) is 11.3. The Hall–Kier alpha value is -2.32. The number of phenolic OH excluding ortho intramolecular Hbond substituents is 1. The number of carbonyl (C=O) groups is 2. The van der Waals surface area contributed by atoms with Crippen LogP contribution in [0.2, 0.25) is 5.02 Å². The van der Waals surface area contributed by atoms with E-state index in [0.29, 0.717) is 31.7 Å². The topological polar surface area (TPSA) is 109 Å². The van der Waals surface area contributed by atoms with Gasteiger partial charge in [-0.25, -0.2) is 5.43 Å². The number of benzene rings is 1. The lowest BCUT2D eigenvalue weighted by Gasteiger charge is -2.08. The molecule has 9 heteroatoms. The molecule has 0 fully saturated rings. The Morgan fingerprint density at radius 1 is 1.35 bits per heavy atom. The molecule has 2 amide bonds. The van der Waals surface area contributed by atoms with Gasteiger partial charge in [0.25, 0.3) is 0 Å². The maximum atomic E-state index is 11.6. The average molecular weight is 386 g/mol. The van der Waals surface area contributed by atoms with Crippen LogP contribution in [0, 0.1) is 0 Å². The zero-order chi connectivity index (χ0) is 19.5. The van der Waals surface area contributed by atoms with Gasteiger partial charge in [0.1, 0.15) is 0 Å². The first-order valence-electron chi connectivity index (χ1n) is 8.23. The van der Waals surface area contributed by atoms with E-state index in [2.05, 4.69) is 15.8 Å². The summed E-state index contributed by atoms with van der Waals surface area (Å²) >= 11 is 5.90. The molecule has 0 aliphatic carbocycles. The molecule has 0 saturated heterocycles. The number of phenols is 1. The van der Waals surface area contributed by atoms with Crippen molar-refractivity contribution in [2.75, 3.05) is 19.8 Å². The highest BCUT2D eigenvalue weighted by molar-refractivity contribution is 6.35. The normalized spacial score (nSPS) is 11.0. The molecule has 0 spiro atoms. The van der Waals surface area contributed by atoms with E-state index in [1.54, 1.807) is 6.92 Å². The molecule has 0 aliphatic rings. The SMILES string of the molecule is CCOc1cc(/C=N\NC(=O)C(=O)NCCCOC(C)C)cc(Cl)c1O. The van der Waals surface area contributed by atoms with Crippen LogP contribution in [0.4, 0.5) is 0 Å². The number of carbonyl (C=O) groups excluding carboxylic acids is 2. The lowest BCUT2D eigenvalue weighted by atomic mass is 10.2. The van der Waals surface area contributed by atoms with Crippen LogP contribution in [0.1, 0.15) is 32.8 Å². The minimum absolute atomic E-state index is 0.0880. The molecule has 26 heavy (non-hydrogen) atoms. The Kier molecular flexibility index (Phi) is 9.46. The zero-order valence-electron chi connectivity index (χ0n) is 15.0. The fourth-order valence-corrected chi connectivity index (χ4v) is 2.04. The average Bonchev–Trinajstić information content (AvgIpc) is 2.58. The highest BCUT2D eigenvalue weighted by Gasteiger charge is 2.12. The third kappa shape index (κ3) is 7.71. The molecule has 144 valence electrons. The number of halogens is 1. The Morgan fingerprint density at radius 3 is 2.73 bits per heavy atom. The standard InChI is InChI=1S/C17H24ClN3O5/c1-4-25-14-9-12(8-13(18)15(14)22)10-20-21-17(24)16(23)19-6-5-7-26-11(2)3/h8-11,22H,4-7H2,1-3H3,(H,19,23)(H,21,24)/b20-10-. The van der Waals surface area contributed by atoms with E-state index in [9.17, 15) is 14.7 Å². The van der Waals surface area contributed by atoms with Crippen molar-refractivity contribution in [3.63, 3.8) is 0 Å². The molecule has 0 aliphatic heterocycles. The maximum absolute atomic E-state index is 11.6. The van der Waals surface area contributed by atoms with Crippen LogP contribution >= 0.6 is 11.6 Å². The highest BCUT2D eigenvalue weighted by atomic mass is 35.5. The molecule has 0 aromatic heterocycles. The van der Waals surface area contributed by atoms with E-state index in [4.69, 9.17) is 21.1 Å². The predicted molar refractivity (Wildman–Crippen MR) is 98.7 cm³/mol. The van der Waals surface area contributed by atoms with Crippen molar-refractivity contribution < 1.29 is 24.2 Å². The molecule has 0 bridgehead atoms. The number of ether oxygens (including phenoxy) is 2. The first-order chi connectivity index (χ1) is 12.3. The van der Waals surface area contributed by atoms with Crippen LogP contribution in [-0.2, 0) is 14.3 Å². The fourth-order valence-electron chi connectivity index (χ4n) is 1.82. The number of rotatable bonds is 9. The molecule has 8 nitrogen and oxygen atoms in total. The van der Waals surface area contributed by atoms with E-state index in [-0.39, 0.29) is 22.6 Å². The van der Waals surface area contributed by atoms with Crippen molar-refractivity contribution >= 4 is 29.6 Å². The molecule has 0 saturated carbocycles. The lowest BCUT2D eigenvalue weighted by molar-refractivity contribution is -0.139. The van der Waals surface area contributed by atoms with Gasteiger partial charge < -0.3 is 19.9 Å². The first kappa shape index (κ1) is 21.7. The Bertz CT molecular complexity index is 650. The minimum atomic E-state index is -0.888. The Balaban J connectivity index is 2.47. The quantitative estimate of drug-likeness (QED) is 0.260. The van der Waals surface area contributed by atoms with Crippen molar-refractivity contribution in [1.29, 1.82) is 0 Å². The van der Waals surface area contributed by atoms with Crippen LogP contribution in [0.15, 0.2) is 17.2 Å². The number of nitrogens with one attached hydrogen (secondary N) is 2. The van der Waals surface area contributed by atoms with Gasteiger partial charge in [0, 0.05) is 13.2 Å². The van der Waals surface area contributed by atoms with Crippen molar-refractivity contribution in [3.05, 3.63) is 22.7 Å². The Morgan fingerprint density at radius 2 is 2.08 bits per heavy atom. The number of aromatic hydroxyl groups is 1. The summed E-state index contributed by atoms with van der Waals surface area (Å²) in [5.74, 6) is -1.64. The van der Waals surface area contributed by atoms with E-state index in [1.165, 1.54) is 18.3 Å². The summed E-state index contributed by atoms with van der Waals surface area (Å²) in [6, 6.07) is 2.96. The summed E-state index contributed by atoms with van der Waals surface area (Å²) < 4.78 is 10.6. The molecular formula is C17H24ClN3O5. The fraction of sp³-hybridized carbons (Fsp3) is 0.471. The van der Waals surface area contributed by atoms with Gasteiger partial charge in [0.2, 0.25) is 0 Å². The molecule has 1 rings (SSSR count). The summed E-state index contributed by atoms with van der Waals surface area (Å²) in [6.07, 6.45) is 2.02. The van der Waals surface area contributed by atoms with Crippen LogP contribution in [-0.4, -0.2) is 49.0 Å². The molecule has 0 atom stereocenters. The second-order valence-electron chi connectivity index (χ2n) is 5.51. The van der Waals surface area contributed by atoms with Crippen LogP contribution < -0.4 is 15.5 Å². The maximum Gasteiger partial charge on any atom is 0.329 e. The highest BCUT2D eigenvalue weighted by Crippen LogP contribution is 2.34. The summed E-state index contributed by atoms with van der Waals surface area (Å²) in [5, 5.41) is 16.0. The van der Waals surface area contributed by atoms with Gasteiger partial charge in [-0.3, -0.25) is 9.59 Å². The van der Waals surface area contributed by atoms with Crippen molar-refractivity contribution in [2.45, 2.75) is 33.3 Å². The number of hydrogen-bond acceptors (Lipinski definition) is 6. The smallest absolute Gasteiger partial charge is 0.329 e. The van der Waals surface area contributed by atoms with Gasteiger partial charge in [-0.2, -0.15) is 5.10 Å². The third-order valence-corrected chi connectivity index (χ3v) is 3.28. The van der Waals surface area contributed by atoms with Gasteiger partial charge in [-0.15, -0.1) is 0 Å². The molecule has 1 aromatic rings. The Labute approximate surface area is 157 Å². The van der Waals surface area contributed by atoms with Gasteiger partial charge in [0.05, 0.1) is 23.9 Å². The van der Waals surface area contributed by atoms with Crippen molar-refractivity contribution in [1.82, 2.24) is 10.7 Å². The van der Waals surface area contributed by atoms with Crippen LogP contribution in [0.3, 0.4) is 0 Å². The molecule has 0 radical (unpaired) electrons. The van der Waals surface area contributed by atoms with E-state index in [0.717, 1.165) is 0 Å². The van der Waals surface area contributed by atoms with Gasteiger partial charge in [-0.05, 0) is 44.9 Å². The molecular weight excluding hydrogens is 362 g/mol. The summed E-state index contributed by atoms with van der Waals surface area (Å²) in [7, 11) is 0. The van der Waals surface area contributed by atoms with E-state index < -0.39 is 11.8 Å². The predicted octanol–water partition coefficient (Wildman–Crippen LogP) is 1.83. The van der Waals surface area contributed by atoms with Crippen LogP contribution in [0.25, 0.3) is 0 Å². The molecule has 1 aromatic carbocycles. The lowest BCUT2D eigenvalue weighted by Crippen LogP contribution is -2.38. The van der Waals surface area contributed by atoms with E-state index >= 15 is 0 Å². The third-order valence-electron chi connectivity index (χ3n) is 2.99. The van der Waals surface area contributed by atoms with E-state index in [1.807, 2.05) is 13.8 Å². The largest absolute Gasteiger partial charge is 0.503 e. The number of nitrogens with zero attached hydrogens (tertiary/aromatic N) is 1. The number of amides is 2. The van der Waals surface area contributed by atoms with Gasteiger partial charge in [0.15, 0.2) is 11.5 Å². The summed E-state index contributed by atoms with van der Waals surface area (Å²) in [4.78, 5) is 23.2. The first-order valence-corrected chi connectivity index (χ1v) is 8.61. The second-order valence-corrected chi connectivity index (χ2v) is 5.92. The molecule has 3 N–H and O–H groups in total. The van der Waals surface area contributed by atoms with Gasteiger partial charge in [-0.1, -0.05) is 11.6 Å². The minimum Gasteiger partial charge on any atom is -0.503 e.